The minimum absolute atomic E-state index is 0. The summed E-state index contributed by atoms with van der Waals surface area (Å²) in [5.41, 5.74) is 1.01. The SMILES string of the molecule is C=Cc1ccc(OC(F)(F)C(F)(F)S(=O)(=O)O)cc1.C=Cc1ccc(OC(F)(F)C(F)(F)S(=O)(=O)[O-])cc1.[Li+]. The van der Waals surface area contributed by atoms with Crippen LogP contribution in [-0.2, 0) is 20.2 Å². The maximum absolute atomic E-state index is 13.0. The van der Waals surface area contributed by atoms with E-state index in [4.69, 9.17) is 4.55 Å². The molecule has 19 heteroatoms. The molecule has 212 valence electrons. The molecule has 8 nitrogen and oxygen atoms in total. The zero-order valence-corrected chi connectivity index (χ0v) is 21.0. The average Bonchev–Trinajstić information content (AvgIpc) is 2.78. The van der Waals surface area contributed by atoms with Crippen molar-refractivity contribution in [1.29, 1.82) is 0 Å². The summed E-state index contributed by atoms with van der Waals surface area (Å²) < 4.78 is 169. The molecule has 0 heterocycles. The standard InChI is InChI=1S/2C10H8F4O4S.Li/c2*1-2-7-3-5-8(6-4-7)18-9(11,12)10(13,14)19(15,16)17;/h2*2-6H,1H2,(H,15,16,17);/q;;+1/p-1. The Labute approximate surface area is 228 Å². The fourth-order valence-electron chi connectivity index (χ4n) is 2.05. The Hall–Kier alpha value is -2.62. The Balaban J connectivity index is 0.000000722. The van der Waals surface area contributed by atoms with Crippen LogP contribution in [0.1, 0.15) is 11.1 Å². The number of ether oxygens (including phenoxy) is 2. The summed E-state index contributed by atoms with van der Waals surface area (Å²) in [7, 11) is -12.9. The van der Waals surface area contributed by atoms with E-state index in [2.05, 4.69) is 22.6 Å². The van der Waals surface area contributed by atoms with Gasteiger partial charge in [0.25, 0.3) is 0 Å². The Morgan fingerprint density at radius 2 is 0.949 bits per heavy atom. The van der Waals surface area contributed by atoms with E-state index >= 15 is 0 Å². The van der Waals surface area contributed by atoms with Gasteiger partial charge in [-0.1, -0.05) is 49.6 Å². The first kappa shape index (κ1) is 36.4. The Bertz CT molecular complexity index is 1240. The minimum Gasteiger partial charge on any atom is -0.743 e. The van der Waals surface area contributed by atoms with Crippen molar-refractivity contribution in [2.45, 2.75) is 22.7 Å². The largest absolute Gasteiger partial charge is 1.00 e. The van der Waals surface area contributed by atoms with E-state index in [-0.39, 0.29) is 18.9 Å². The van der Waals surface area contributed by atoms with Crippen LogP contribution in [0.25, 0.3) is 12.2 Å². The third kappa shape index (κ3) is 8.68. The molecular weight excluding hydrogens is 591 g/mol. The molecule has 0 aromatic heterocycles. The van der Waals surface area contributed by atoms with Crippen LogP contribution >= 0.6 is 0 Å². The van der Waals surface area contributed by atoms with Crippen molar-refractivity contribution in [2.75, 3.05) is 0 Å². The fourth-order valence-corrected chi connectivity index (χ4v) is 2.73. The molecule has 0 saturated carbocycles. The summed E-state index contributed by atoms with van der Waals surface area (Å²) >= 11 is 0. The number of benzene rings is 2. The summed E-state index contributed by atoms with van der Waals surface area (Å²) in [6.07, 6.45) is -8.17. The van der Waals surface area contributed by atoms with Crippen LogP contribution in [-0.4, -0.2) is 48.7 Å². The van der Waals surface area contributed by atoms with Crippen molar-refractivity contribution in [3.63, 3.8) is 0 Å². The fraction of sp³-hybridized carbons (Fsp3) is 0.200. The van der Waals surface area contributed by atoms with Gasteiger partial charge in [-0.15, -0.1) is 0 Å². The van der Waals surface area contributed by atoms with Crippen LogP contribution < -0.4 is 28.3 Å². The molecule has 0 unspecified atom stereocenters. The Morgan fingerprint density at radius 1 is 0.667 bits per heavy atom. The topological polar surface area (TPSA) is 130 Å². The molecule has 0 amide bonds. The van der Waals surface area contributed by atoms with Gasteiger partial charge in [-0.3, -0.25) is 4.55 Å². The smallest absolute Gasteiger partial charge is 0.743 e. The normalized spacial score (nSPS) is 12.8. The molecule has 39 heavy (non-hydrogen) atoms. The van der Waals surface area contributed by atoms with E-state index in [0.717, 1.165) is 24.3 Å². The second-order valence-electron chi connectivity index (χ2n) is 6.75. The quantitative estimate of drug-likeness (QED) is 0.248. The number of halogens is 8. The summed E-state index contributed by atoms with van der Waals surface area (Å²) in [5, 5.41) is -11.6. The van der Waals surface area contributed by atoms with E-state index in [9.17, 15) is 56.5 Å². The molecule has 1 N–H and O–H groups in total. The van der Waals surface area contributed by atoms with Crippen LogP contribution in [0, 0.1) is 0 Å². The molecule has 0 radical (unpaired) electrons. The van der Waals surface area contributed by atoms with E-state index in [1.54, 1.807) is 0 Å². The monoisotopic (exact) mass is 606 g/mol. The van der Waals surface area contributed by atoms with Crippen LogP contribution in [0.4, 0.5) is 35.1 Å². The molecule has 2 aromatic rings. The predicted molar refractivity (Wildman–Crippen MR) is 115 cm³/mol. The summed E-state index contributed by atoms with van der Waals surface area (Å²) in [6, 6.07) is 8.57. The van der Waals surface area contributed by atoms with Crippen LogP contribution in [0.3, 0.4) is 0 Å². The Morgan fingerprint density at radius 3 is 1.18 bits per heavy atom. The van der Waals surface area contributed by atoms with Crippen molar-refractivity contribution < 1.29 is 89.4 Å². The van der Waals surface area contributed by atoms with Crippen LogP contribution in [0.15, 0.2) is 61.7 Å². The van der Waals surface area contributed by atoms with Gasteiger partial charge in [0.1, 0.15) is 11.5 Å². The molecule has 0 saturated heterocycles. The molecule has 2 rings (SSSR count). The van der Waals surface area contributed by atoms with Gasteiger partial charge in [0, 0.05) is 0 Å². The second-order valence-corrected chi connectivity index (χ2v) is 9.63. The first-order chi connectivity index (χ1) is 17.0. The molecule has 0 spiro atoms. The number of rotatable bonds is 10. The predicted octanol–water partition coefficient (Wildman–Crippen LogP) is 2.23. The van der Waals surface area contributed by atoms with Crippen molar-refractivity contribution in [3.8, 4) is 11.5 Å². The summed E-state index contributed by atoms with van der Waals surface area (Å²) in [4.78, 5) is 0. The molecule has 0 aliphatic carbocycles. The summed E-state index contributed by atoms with van der Waals surface area (Å²) in [5.74, 6) is -1.42. The zero-order valence-electron chi connectivity index (χ0n) is 19.3. The molecular formula is C20H15F8LiO8S2. The third-order valence-electron chi connectivity index (χ3n) is 4.04. The number of hydrogen-bond donors (Lipinski definition) is 1. The number of hydrogen-bond acceptors (Lipinski definition) is 7. The van der Waals surface area contributed by atoms with Crippen molar-refractivity contribution in [3.05, 3.63) is 72.8 Å². The number of alkyl halides is 8. The van der Waals surface area contributed by atoms with E-state index in [1.807, 2.05) is 0 Å². The third-order valence-corrected chi connectivity index (χ3v) is 5.79. The Kier molecular flexibility index (Phi) is 11.8. The van der Waals surface area contributed by atoms with Gasteiger partial charge >= 0.3 is 51.7 Å². The zero-order chi connectivity index (χ0) is 29.8. The van der Waals surface area contributed by atoms with Gasteiger partial charge in [0.2, 0.25) is 0 Å². The van der Waals surface area contributed by atoms with Crippen molar-refractivity contribution >= 4 is 32.4 Å². The van der Waals surface area contributed by atoms with Gasteiger partial charge in [-0.25, -0.2) is 8.42 Å². The van der Waals surface area contributed by atoms with Gasteiger partial charge in [-0.05, 0) is 35.4 Å². The van der Waals surface area contributed by atoms with Gasteiger partial charge in [0.05, 0.1) is 0 Å². The first-order valence-corrected chi connectivity index (χ1v) is 12.1. The van der Waals surface area contributed by atoms with Gasteiger partial charge in [0.15, 0.2) is 10.1 Å². The summed E-state index contributed by atoms with van der Waals surface area (Å²) in [6.45, 7) is 6.76. The molecule has 0 aliphatic rings. The molecule has 0 atom stereocenters. The van der Waals surface area contributed by atoms with Crippen molar-refractivity contribution in [2.24, 2.45) is 0 Å². The van der Waals surface area contributed by atoms with E-state index < -0.39 is 54.5 Å². The van der Waals surface area contributed by atoms with Gasteiger partial charge < -0.3 is 14.0 Å². The average molecular weight is 606 g/mol. The molecule has 2 aromatic carbocycles. The maximum Gasteiger partial charge on any atom is 1.00 e. The molecule has 0 bridgehead atoms. The molecule has 0 fully saturated rings. The van der Waals surface area contributed by atoms with Crippen LogP contribution in [0.2, 0.25) is 0 Å². The van der Waals surface area contributed by atoms with E-state index in [1.165, 1.54) is 36.4 Å². The second kappa shape index (κ2) is 12.7. The van der Waals surface area contributed by atoms with Crippen LogP contribution in [0.5, 0.6) is 11.5 Å². The van der Waals surface area contributed by atoms with E-state index in [0.29, 0.717) is 11.1 Å². The maximum atomic E-state index is 13.0. The van der Waals surface area contributed by atoms with Gasteiger partial charge in [-0.2, -0.15) is 43.5 Å². The van der Waals surface area contributed by atoms with Crippen molar-refractivity contribution in [1.82, 2.24) is 0 Å². The molecule has 0 aliphatic heterocycles. The first-order valence-electron chi connectivity index (χ1n) is 9.29. The minimum atomic E-state index is -6.57.